The number of rotatable bonds is 1. The molecule has 1 heteroatoms. The fourth-order valence-electron chi connectivity index (χ4n) is 5.36. The molecule has 1 fully saturated rings. The third-order valence-electron chi connectivity index (χ3n) is 7.02. The fourth-order valence-corrected chi connectivity index (χ4v) is 5.36. The fraction of sp³-hybridized carbons (Fsp3) is 0.800. The summed E-state index contributed by atoms with van der Waals surface area (Å²) in [5.74, 6) is 1.34. The van der Waals surface area contributed by atoms with Crippen molar-refractivity contribution < 1.29 is 0 Å². The minimum atomic E-state index is -0.000786. The highest BCUT2D eigenvalue weighted by molar-refractivity contribution is 5.39. The van der Waals surface area contributed by atoms with Crippen LogP contribution in [0.4, 0.5) is 0 Å². The van der Waals surface area contributed by atoms with Crippen LogP contribution in [0.2, 0.25) is 0 Å². The normalized spacial score (nSPS) is 40.4. The van der Waals surface area contributed by atoms with E-state index < -0.39 is 0 Å². The number of fused-ring (bicyclic) bond motifs is 2. The van der Waals surface area contributed by atoms with E-state index in [1.807, 2.05) is 0 Å². The van der Waals surface area contributed by atoms with Gasteiger partial charge < -0.3 is 5.73 Å². The third-order valence-corrected chi connectivity index (χ3v) is 7.02. The largest absolute Gasteiger partial charge is 0.321 e. The Bertz CT molecular complexity index is 510. The van der Waals surface area contributed by atoms with E-state index in [-0.39, 0.29) is 5.54 Å². The Morgan fingerprint density at radius 1 is 1.10 bits per heavy atom. The van der Waals surface area contributed by atoms with Crippen molar-refractivity contribution in [2.75, 3.05) is 0 Å². The first-order valence-electron chi connectivity index (χ1n) is 8.98. The monoisotopic (exact) mass is 287 g/mol. The van der Waals surface area contributed by atoms with Crippen LogP contribution in [0.3, 0.4) is 0 Å². The van der Waals surface area contributed by atoms with E-state index in [0.29, 0.717) is 11.3 Å². The molecule has 0 bridgehead atoms. The molecular weight excluding hydrogens is 254 g/mol. The van der Waals surface area contributed by atoms with Gasteiger partial charge >= 0.3 is 0 Å². The van der Waals surface area contributed by atoms with Crippen molar-refractivity contribution in [1.29, 1.82) is 0 Å². The molecule has 0 heterocycles. The van der Waals surface area contributed by atoms with Crippen LogP contribution in [0.1, 0.15) is 79.6 Å². The van der Waals surface area contributed by atoms with Crippen molar-refractivity contribution in [2.45, 2.75) is 85.1 Å². The van der Waals surface area contributed by atoms with E-state index in [9.17, 15) is 0 Å². The molecule has 0 saturated heterocycles. The van der Waals surface area contributed by atoms with Gasteiger partial charge in [0.05, 0.1) is 0 Å². The second-order valence-electron chi connectivity index (χ2n) is 8.63. The number of allylic oxidation sites excluding steroid dienone is 3. The van der Waals surface area contributed by atoms with Crippen LogP contribution in [-0.4, -0.2) is 5.54 Å². The molecule has 3 rings (SSSR count). The van der Waals surface area contributed by atoms with Gasteiger partial charge in [-0.05, 0) is 69.1 Å². The zero-order valence-corrected chi connectivity index (χ0v) is 14.7. The zero-order valence-electron chi connectivity index (χ0n) is 14.7. The first kappa shape index (κ1) is 15.3. The van der Waals surface area contributed by atoms with Crippen molar-refractivity contribution in [2.24, 2.45) is 23.0 Å². The van der Waals surface area contributed by atoms with Crippen LogP contribution < -0.4 is 5.73 Å². The molecule has 3 aliphatic carbocycles. The second kappa shape index (κ2) is 4.98. The topological polar surface area (TPSA) is 26.0 Å². The summed E-state index contributed by atoms with van der Waals surface area (Å²) in [5.41, 5.74) is 14.1. The molecule has 21 heavy (non-hydrogen) atoms. The van der Waals surface area contributed by atoms with Gasteiger partial charge in [-0.2, -0.15) is 0 Å². The van der Waals surface area contributed by atoms with Gasteiger partial charge in [-0.25, -0.2) is 0 Å². The predicted molar refractivity (Wildman–Crippen MR) is 91.1 cm³/mol. The summed E-state index contributed by atoms with van der Waals surface area (Å²) in [6.07, 6.45) is 8.86. The molecule has 118 valence electrons. The Balaban J connectivity index is 2.05. The molecule has 0 aromatic rings. The average molecular weight is 287 g/mol. The SMILES string of the molecule is CC1=C2CC3(C)CCC(C(C)C)=C3CCC(C)C2(N)CC1. The lowest BCUT2D eigenvalue weighted by Crippen LogP contribution is -2.48. The standard InChI is InChI=1S/C20H33N/c1-13(2)16-9-10-19(5)12-18-14(3)8-11-20(18,21)15(4)6-7-17(16)19/h13,15H,6-12,21H2,1-5H3. The van der Waals surface area contributed by atoms with E-state index in [4.69, 9.17) is 5.73 Å². The lowest BCUT2D eigenvalue weighted by Gasteiger charge is -2.43. The lowest BCUT2D eigenvalue weighted by atomic mass is 9.65. The highest BCUT2D eigenvalue weighted by atomic mass is 14.8. The summed E-state index contributed by atoms with van der Waals surface area (Å²) in [6.45, 7) is 12.0. The predicted octanol–water partition coefficient (Wildman–Crippen LogP) is 5.37. The van der Waals surface area contributed by atoms with Crippen molar-refractivity contribution >= 4 is 0 Å². The minimum absolute atomic E-state index is 0.000786. The van der Waals surface area contributed by atoms with Gasteiger partial charge in [-0.3, -0.25) is 0 Å². The molecule has 0 amide bonds. The Morgan fingerprint density at radius 3 is 2.48 bits per heavy atom. The molecule has 0 radical (unpaired) electrons. The maximum atomic E-state index is 6.93. The Kier molecular flexibility index (Phi) is 3.64. The molecule has 0 spiro atoms. The van der Waals surface area contributed by atoms with E-state index >= 15 is 0 Å². The summed E-state index contributed by atoms with van der Waals surface area (Å²) in [6, 6.07) is 0. The molecule has 2 N–H and O–H groups in total. The van der Waals surface area contributed by atoms with Gasteiger partial charge in [0.25, 0.3) is 0 Å². The van der Waals surface area contributed by atoms with E-state index in [0.717, 1.165) is 5.92 Å². The van der Waals surface area contributed by atoms with Gasteiger partial charge in [0.15, 0.2) is 0 Å². The number of nitrogens with two attached hydrogens (primary N) is 1. The average Bonchev–Trinajstić information content (AvgIpc) is 2.88. The van der Waals surface area contributed by atoms with Crippen molar-refractivity contribution in [3.63, 3.8) is 0 Å². The summed E-state index contributed by atoms with van der Waals surface area (Å²) in [4.78, 5) is 0. The summed E-state index contributed by atoms with van der Waals surface area (Å²) in [7, 11) is 0. The lowest BCUT2D eigenvalue weighted by molar-refractivity contribution is 0.256. The maximum absolute atomic E-state index is 6.93. The van der Waals surface area contributed by atoms with Gasteiger partial charge in [-0.1, -0.05) is 50.0 Å². The number of hydrogen-bond acceptors (Lipinski definition) is 1. The molecule has 3 unspecified atom stereocenters. The molecular formula is C20H33N. The first-order chi connectivity index (χ1) is 9.78. The van der Waals surface area contributed by atoms with E-state index in [2.05, 4.69) is 34.6 Å². The molecule has 1 saturated carbocycles. The van der Waals surface area contributed by atoms with Gasteiger partial charge in [-0.15, -0.1) is 0 Å². The molecule has 3 atom stereocenters. The quantitative estimate of drug-likeness (QED) is 0.645. The summed E-state index contributed by atoms with van der Waals surface area (Å²) in [5, 5.41) is 0. The van der Waals surface area contributed by atoms with Gasteiger partial charge in [0.1, 0.15) is 0 Å². The molecule has 3 aliphatic rings. The van der Waals surface area contributed by atoms with Crippen LogP contribution in [0.5, 0.6) is 0 Å². The highest BCUT2D eigenvalue weighted by Crippen LogP contribution is 2.56. The van der Waals surface area contributed by atoms with Crippen LogP contribution >= 0.6 is 0 Å². The van der Waals surface area contributed by atoms with Crippen LogP contribution in [0.15, 0.2) is 22.3 Å². The van der Waals surface area contributed by atoms with Gasteiger partial charge in [0, 0.05) is 5.54 Å². The minimum Gasteiger partial charge on any atom is -0.321 e. The summed E-state index contributed by atoms with van der Waals surface area (Å²) >= 11 is 0. The highest BCUT2D eigenvalue weighted by Gasteiger charge is 2.47. The van der Waals surface area contributed by atoms with Crippen molar-refractivity contribution in [1.82, 2.24) is 0 Å². The van der Waals surface area contributed by atoms with E-state index in [1.54, 1.807) is 22.3 Å². The van der Waals surface area contributed by atoms with Crippen molar-refractivity contribution in [3.05, 3.63) is 22.3 Å². The molecule has 1 nitrogen and oxygen atoms in total. The molecule has 0 aromatic carbocycles. The molecule has 0 aromatic heterocycles. The van der Waals surface area contributed by atoms with Crippen LogP contribution in [-0.2, 0) is 0 Å². The van der Waals surface area contributed by atoms with E-state index in [1.165, 1.54) is 44.9 Å². The Hall–Kier alpha value is -0.560. The second-order valence-corrected chi connectivity index (χ2v) is 8.63. The van der Waals surface area contributed by atoms with Crippen molar-refractivity contribution in [3.8, 4) is 0 Å². The van der Waals surface area contributed by atoms with Crippen LogP contribution in [0.25, 0.3) is 0 Å². The Morgan fingerprint density at radius 2 is 1.81 bits per heavy atom. The van der Waals surface area contributed by atoms with Crippen LogP contribution in [0, 0.1) is 17.3 Å². The maximum Gasteiger partial charge on any atom is 0.0400 e. The zero-order chi connectivity index (χ0) is 15.4. The molecule has 0 aliphatic heterocycles. The van der Waals surface area contributed by atoms with Gasteiger partial charge in [0.2, 0.25) is 0 Å². The first-order valence-corrected chi connectivity index (χ1v) is 8.98. The third kappa shape index (κ3) is 2.23. The smallest absolute Gasteiger partial charge is 0.0400 e. The number of hydrogen-bond donors (Lipinski definition) is 1. The Labute approximate surface area is 131 Å². The summed E-state index contributed by atoms with van der Waals surface area (Å²) < 4.78 is 0.